The lowest BCUT2D eigenvalue weighted by molar-refractivity contribution is -0.122. The Labute approximate surface area is 236 Å². The second-order valence-electron chi connectivity index (χ2n) is 12.6. The first-order valence-corrected chi connectivity index (χ1v) is 15.1. The van der Waals surface area contributed by atoms with E-state index in [1.54, 1.807) is 0 Å². The molecule has 0 radical (unpaired) electrons. The molecule has 0 bridgehead atoms. The summed E-state index contributed by atoms with van der Waals surface area (Å²) in [4.78, 5) is 13.3. The van der Waals surface area contributed by atoms with Crippen molar-refractivity contribution in [3.8, 4) is 11.5 Å². The fourth-order valence-corrected chi connectivity index (χ4v) is 6.12. The van der Waals surface area contributed by atoms with Crippen LogP contribution in [0.25, 0.3) is 0 Å². The number of allylic oxidation sites excluding steroid dienone is 5. The molecule has 0 saturated heterocycles. The second kappa shape index (κ2) is 13.1. The largest absolute Gasteiger partial charge is 0.485 e. The summed E-state index contributed by atoms with van der Waals surface area (Å²) in [6.45, 7) is 15.6. The molecule has 1 aromatic rings. The Bertz CT molecular complexity index is 1140. The lowest BCUT2D eigenvalue weighted by Crippen LogP contribution is -2.37. The highest BCUT2D eigenvalue weighted by Crippen LogP contribution is 2.48. The molecule has 1 N–H and O–H groups in total. The minimum absolute atomic E-state index is 0.0374. The molecule has 1 saturated carbocycles. The Balaban J connectivity index is 1.41. The SMILES string of the molecule is C=C(C)C1COc2ccc(CC(CC(C)=CCCCCC)NC(=O)CCC3(C)C=C4CC4=CC(C)C3)cc2O1. The standard InChI is InChI=1S/C35H49NO3/c1-7-8-9-10-11-25(4)17-30(18-27-12-13-31-32(19-27)39-33(23-38-31)24(2)3)36-34(37)14-15-35(6)21-26(5)16-28-20-29(28)22-35/h11-13,16,19,22,26,30,33H,2,7-10,14-15,17-18,20-21,23H2,1,3-6H3,(H,36,37). The smallest absolute Gasteiger partial charge is 0.220 e. The summed E-state index contributed by atoms with van der Waals surface area (Å²) >= 11 is 0. The number of carbonyl (C=O) groups is 1. The van der Waals surface area contributed by atoms with Gasteiger partial charge in [0, 0.05) is 12.5 Å². The number of benzene rings is 1. The van der Waals surface area contributed by atoms with Gasteiger partial charge in [-0.25, -0.2) is 0 Å². The second-order valence-corrected chi connectivity index (χ2v) is 12.6. The molecule has 2 aliphatic carbocycles. The van der Waals surface area contributed by atoms with E-state index >= 15 is 0 Å². The fourth-order valence-electron chi connectivity index (χ4n) is 6.12. The van der Waals surface area contributed by atoms with Crippen LogP contribution in [0.5, 0.6) is 11.5 Å². The van der Waals surface area contributed by atoms with Crippen LogP contribution < -0.4 is 14.8 Å². The molecule has 0 spiro atoms. The number of fused-ring (bicyclic) bond motifs is 2. The molecule has 1 aliphatic heterocycles. The molecular formula is C35H49NO3. The Hall–Kier alpha value is -2.75. The molecule has 1 amide bonds. The maximum absolute atomic E-state index is 13.3. The van der Waals surface area contributed by atoms with E-state index in [9.17, 15) is 4.79 Å². The van der Waals surface area contributed by atoms with Gasteiger partial charge in [-0.15, -0.1) is 0 Å². The summed E-state index contributed by atoms with van der Waals surface area (Å²) in [5.41, 5.74) is 6.55. The van der Waals surface area contributed by atoms with Crippen LogP contribution >= 0.6 is 0 Å². The summed E-state index contributed by atoms with van der Waals surface area (Å²) in [5.74, 6) is 2.26. The molecule has 4 rings (SSSR count). The monoisotopic (exact) mass is 531 g/mol. The zero-order valence-electron chi connectivity index (χ0n) is 24.9. The van der Waals surface area contributed by atoms with Gasteiger partial charge < -0.3 is 14.8 Å². The van der Waals surface area contributed by atoms with Gasteiger partial charge in [0.05, 0.1) is 0 Å². The molecule has 39 heavy (non-hydrogen) atoms. The molecule has 1 aromatic carbocycles. The predicted molar refractivity (Wildman–Crippen MR) is 161 cm³/mol. The lowest BCUT2D eigenvalue weighted by Gasteiger charge is -2.28. The van der Waals surface area contributed by atoms with Crippen molar-refractivity contribution in [1.82, 2.24) is 5.32 Å². The number of hydrogen-bond acceptors (Lipinski definition) is 3. The molecule has 1 fully saturated rings. The highest BCUT2D eigenvalue weighted by Gasteiger charge is 2.34. The van der Waals surface area contributed by atoms with Gasteiger partial charge in [-0.1, -0.05) is 70.1 Å². The van der Waals surface area contributed by atoms with E-state index in [0.717, 1.165) is 61.2 Å². The number of carbonyl (C=O) groups excluding carboxylic acids is 1. The highest BCUT2D eigenvalue weighted by atomic mass is 16.6. The average Bonchev–Trinajstić information content (AvgIpc) is 3.61. The van der Waals surface area contributed by atoms with Crippen LogP contribution in [-0.2, 0) is 11.2 Å². The Kier molecular flexibility index (Phi) is 9.80. The van der Waals surface area contributed by atoms with E-state index < -0.39 is 0 Å². The molecule has 4 unspecified atom stereocenters. The van der Waals surface area contributed by atoms with Gasteiger partial charge in [0.1, 0.15) is 6.61 Å². The summed E-state index contributed by atoms with van der Waals surface area (Å²) in [7, 11) is 0. The lowest BCUT2D eigenvalue weighted by atomic mass is 9.78. The number of nitrogens with one attached hydrogen (secondary N) is 1. The normalized spacial score (nSPS) is 24.6. The van der Waals surface area contributed by atoms with Crippen molar-refractivity contribution >= 4 is 5.91 Å². The van der Waals surface area contributed by atoms with Gasteiger partial charge in [0.2, 0.25) is 5.91 Å². The maximum Gasteiger partial charge on any atom is 0.220 e. The third-order valence-electron chi connectivity index (χ3n) is 8.32. The third-order valence-corrected chi connectivity index (χ3v) is 8.32. The first kappa shape index (κ1) is 29.2. The van der Waals surface area contributed by atoms with E-state index in [-0.39, 0.29) is 23.5 Å². The summed E-state index contributed by atoms with van der Waals surface area (Å²) in [5, 5.41) is 3.41. The van der Waals surface area contributed by atoms with Gasteiger partial charge in [-0.2, -0.15) is 0 Å². The van der Waals surface area contributed by atoms with E-state index in [0.29, 0.717) is 18.9 Å². The fraction of sp³-hybridized carbons (Fsp3) is 0.571. The number of unbranched alkanes of at least 4 members (excludes halogenated alkanes) is 3. The van der Waals surface area contributed by atoms with Crippen molar-refractivity contribution in [1.29, 1.82) is 0 Å². The van der Waals surface area contributed by atoms with Crippen LogP contribution in [0.1, 0.15) is 98.0 Å². The van der Waals surface area contributed by atoms with Crippen molar-refractivity contribution in [3.05, 3.63) is 70.9 Å². The minimum Gasteiger partial charge on any atom is -0.485 e. The molecule has 4 atom stereocenters. The molecule has 1 heterocycles. The Morgan fingerprint density at radius 2 is 2.05 bits per heavy atom. The van der Waals surface area contributed by atoms with Crippen molar-refractivity contribution < 1.29 is 14.3 Å². The van der Waals surface area contributed by atoms with Gasteiger partial charge in [-0.05, 0) is 105 Å². The van der Waals surface area contributed by atoms with E-state index in [1.165, 1.54) is 36.0 Å². The van der Waals surface area contributed by atoms with Crippen LogP contribution in [0.15, 0.2) is 65.3 Å². The van der Waals surface area contributed by atoms with Crippen LogP contribution in [0, 0.1) is 11.3 Å². The predicted octanol–water partition coefficient (Wildman–Crippen LogP) is 8.43. The Morgan fingerprint density at radius 3 is 2.82 bits per heavy atom. The van der Waals surface area contributed by atoms with Crippen LogP contribution in [0.3, 0.4) is 0 Å². The minimum atomic E-state index is -0.124. The van der Waals surface area contributed by atoms with E-state index in [1.807, 2.05) is 13.0 Å². The van der Waals surface area contributed by atoms with Gasteiger partial charge in [0.15, 0.2) is 17.6 Å². The van der Waals surface area contributed by atoms with Crippen molar-refractivity contribution in [2.24, 2.45) is 11.3 Å². The maximum atomic E-state index is 13.3. The van der Waals surface area contributed by atoms with Gasteiger partial charge >= 0.3 is 0 Å². The Morgan fingerprint density at radius 1 is 1.23 bits per heavy atom. The number of ether oxygens (including phenoxy) is 2. The van der Waals surface area contributed by atoms with Crippen LogP contribution in [-0.4, -0.2) is 24.7 Å². The van der Waals surface area contributed by atoms with Gasteiger partial charge in [0.25, 0.3) is 0 Å². The topological polar surface area (TPSA) is 47.6 Å². The molecule has 212 valence electrons. The highest BCUT2D eigenvalue weighted by molar-refractivity contribution is 5.76. The third kappa shape index (κ3) is 8.62. The molecular weight excluding hydrogens is 482 g/mol. The van der Waals surface area contributed by atoms with Crippen LogP contribution in [0.4, 0.5) is 0 Å². The van der Waals surface area contributed by atoms with Crippen molar-refractivity contribution in [2.45, 2.75) is 111 Å². The average molecular weight is 532 g/mol. The number of amides is 1. The first-order valence-electron chi connectivity index (χ1n) is 15.1. The van der Waals surface area contributed by atoms with Crippen molar-refractivity contribution in [2.75, 3.05) is 6.61 Å². The number of hydrogen-bond donors (Lipinski definition) is 1. The zero-order chi connectivity index (χ0) is 28.0. The molecule has 3 aliphatic rings. The molecule has 0 aromatic heterocycles. The van der Waals surface area contributed by atoms with Crippen molar-refractivity contribution in [3.63, 3.8) is 0 Å². The summed E-state index contributed by atoms with van der Waals surface area (Å²) < 4.78 is 12.1. The van der Waals surface area contributed by atoms with Crippen LogP contribution in [0.2, 0.25) is 0 Å². The summed E-state index contributed by atoms with van der Waals surface area (Å²) in [6.07, 6.45) is 17.2. The zero-order valence-corrected chi connectivity index (χ0v) is 24.9. The first-order chi connectivity index (χ1) is 18.6. The quantitative estimate of drug-likeness (QED) is 0.205. The number of rotatable bonds is 13. The molecule has 4 nitrogen and oxygen atoms in total. The summed E-state index contributed by atoms with van der Waals surface area (Å²) in [6, 6.07) is 6.20. The van der Waals surface area contributed by atoms with E-state index in [4.69, 9.17) is 9.47 Å². The van der Waals surface area contributed by atoms with Gasteiger partial charge in [-0.3, -0.25) is 4.79 Å². The molecule has 4 heteroatoms. The van der Waals surface area contributed by atoms with E-state index in [2.05, 4.69) is 70.0 Å².